The summed E-state index contributed by atoms with van der Waals surface area (Å²) in [6, 6.07) is 5.78. The molecule has 1 aromatic heterocycles. The summed E-state index contributed by atoms with van der Waals surface area (Å²) < 4.78 is 8.45. The van der Waals surface area contributed by atoms with E-state index in [0.717, 1.165) is 27.2 Å². The van der Waals surface area contributed by atoms with E-state index in [-0.39, 0.29) is 0 Å². The fourth-order valence-corrected chi connectivity index (χ4v) is 2.74. The van der Waals surface area contributed by atoms with Crippen molar-refractivity contribution in [1.82, 2.24) is 9.78 Å². The fraction of sp³-hybridized carbons (Fsp3) is 0.308. The van der Waals surface area contributed by atoms with Gasteiger partial charge in [0.25, 0.3) is 0 Å². The molecule has 2 rings (SSSR count). The number of benzene rings is 1. The minimum absolute atomic E-state index is 0.350. The Balaban J connectivity index is 2.24. The Bertz CT molecular complexity index is 599. The summed E-state index contributed by atoms with van der Waals surface area (Å²) in [5, 5.41) is 4.90. The van der Waals surface area contributed by atoms with Gasteiger partial charge < -0.3 is 4.74 Å². The van der Waals surface area contributed by atoms with Gasteiger partial charge in [-0.25, -0.2) is 0 Å². The van der Waals surface area contributed by atoms with Crippen LogP contribution in [0.2, 0.25) is 5.02 Å². The van der Waals surface area contributed by atoms with Crippen molar-refractivity contribution in [2.24, 2.45) is 7.05 Å². The minimum atomic E-state index is 0.350. The predicted octanol–water partition coefficient (Wildman–Crippen LogP) is 4.46. The molecule has 1 aromatic carbocycles. The van der Waals surface area contributed by atoms with Crippen LogP contribution < -0.4 is 4.74 Å². The van der Waals surface area contributed by atoms with Crippen LogP contribution in [0.3, 0.4) is 0 Å². The first-order valence-corrected chi connectivity index (χ1v) is 7.39. The lowest BCUT2D eigenvalue weighted by Gasteiger charge is -2.12. The third kappa shape index (κ3) is 3.07. The first-order valence-electron chi connectivity index (χ1n) is 5.68. The minimum Gasteiger partial charge on any atom is -0.486 e. The van der Waals surface area contributed by atoms with Crippen molar-refractivity contribution in [3.8, 4) is 5.75 Å². The lowest BCUT2D eigenvalue weighted by molar-refractivity contribution is 0.291. The topological polar surface area (TPSA) is 27.1 Å². The second kappa shape index (κ2) is 6.16. The van der Waals surface area contributed by atoms with E-state index in [9.17, 15) is 0 Å². The molecular weight excluding hydrogens is 351 g/mol. The molecule has 0 saturated carbocycles. The largest absolute Gasteiger partial charge is 0.486 e. The number of alkyl halides is 1. The van der Waals surface area contributed by atoms with E-state index in [0.29, 0.717) is 17.5 Å². The fourth-order valence-electron chi connectivity index (χ4n) is 1.80. The van der Waals surface area contributed by atoms with Crippen molar-refractivity contribution >= 4 is 39.1 Å². The van der Waals surface area contributed by atoms with Crippen LogP contribution in [0, 0.1) is 6.92 Å². The summed E-state index contributed by atoms with van der Waals surface area (Å²) in [6.45, 7) is 2.22. The molecule has 3 nitrogen and oxygen atoms in total. The molecule has 0 unspecified atom stereocenters. The van der Waals surface area contributed by atoms with Gasteiger partial charge in [0.1, 0.15) is 12.4 Å². The summed E-state index contributed by atoms with van der Waals surface area (Å²) in [6.07, 6.45) is 0. The van der Waals surface area contributed by atoms with Crippen LogP contribution in [0.15, 0.2) is 22.7 Å². The highest BCUT2D eigenvalue weighted by atomic mass is 79.9. The van der Waals surface area contributed by atoms with Crippen molar-refractivity contribution in [2.75, 3.05) is 0 Å². The Kier molecular flexibility index (Phi) is 4.76. The van der Waals surface area contributed by atoms with Crippen molar-refractivity contribution in [3.05, 3.63) is 44.6 Å². The second-order valence-corrected chi connectivity index (χ2v) is 5.62. The first kappa shape index (κ1) is 14.7. The number of hydrogen-bond donors (Lipinski definition) is 0. The van der Waals surface area contributed by atoms with Crippen LogP contribution in [0.1, 0.15) is 17.0 Å². The zero-order chi connectivity index (χ0) is 14.0. The number of aryl methyl sites for hydroxylation is 2. The van der Waals surface area contributed by atoms with Gasteiger partial charge in [0.15, 0.2) is 0 Å². The third-order valence-corrected chi connectivity index (χ3v) is 4.21. The van der Waals surface area contributed by atoms with Gasteiger partial charge in [0.05, 0.1) is 26.8 Å². The van der Waals surface area contributed by atoms with E-state index in [1.807, 2.05) is 32.2 Å². The van der Waals surface area contributed by atoms with Gasteiger partial charge in [-0.1, -0.05) is 23.7 Å². The zero-order valence-corrected chi connectivity index (χ0v) is 13.7. The number of nitrogens with zero attached hydrogens (tertiary/aromatic N) is 2. The molecule has 2 aromatic rings. The molecular formula is C13H13BrCl2N2O. The number of aromatic nitrogens is 2. The van der Waals surface area contributed by atoms with Crippen LogP contribution in [-0.2, 0) is 19.5 Å². The van der Waals surface area contributed by atoms with Gasteiger partial charge in [-0.05, 0) is 28.9 Å². The Hall–Kier alpha value is -0.710. The molecule has 0 aliphatic rings. The molecule has 0 saturated heterocycles. The number of ether oxygens (including phenoxy) is 1. The van der Waals surface area contributed by atoms with E-state index in [2.05, 4.69) is 21.0 Å². The van der Waals surface area contributed by atoms with E-state index >= 15 is 0 Å². The summed E-state index contributed by atoms with van der Waals surface area (Å²) >= 11 is 15.6. The maximum absolute atomic E-state index is 6.19. The molecule has 19 heavy (non-hydrogen) atoms. The standard InChI is InChI=1S/C13H13BrCl2N2O/c1-8-12(16)11(18(2)17-8)7-19-13-9(6-15)4-3-5-10(13)14/h3-5H,6-7H2,1-2H3. The van der Waals surface area contributed by atoms with Gasteiger partial charge in [-0.15, -0.1) is 11.6 Å². The SMILES string of the molecule is Cc1nn(C)c(COc2c(Br)cccc2CCl)c1Cl. The van der Waals surface area contributed by atoms with E-state index in [4.69, 9.17) is 27.9 Å². The van der Waals surface area contributed by atoms with Crippen LogP contribution in [-0.4, -0.2) is 9.78 Å². The molecule has 1 heterocycles. The average molecular weight is 364 g/mol. The summed E-state index contributed by atoms with van der Waals surface area (Å²) in [7, 11) is 1.85. The summed E-state index contributed by atoms with van der Waals surface area (Å²) in [5.74, 6) is 1.14. The molecule has 0 aliphatic heterocycles. The molecule has 0 bridgehead atoms. The van der Waals surface area contributed by atoms with Crippen molar-refractivity contribution in [2.45, 2.75) is 19.4 Å². The molecule has 0 N–H and O–H groups in total. The predicted molar refractivity (Wildman–Crippen MR) is 81.0 cm³/mol. The number of rotatable bonds is 4. The van der Waals surface area contributed by atoms with Gasteiger partial charge in [-0.2, -0.15) is 5.10 Å². The summed E-state index contributed by atoms with van der Waals surface area (Å²) in [4.78, 5) is 0. The number of halogens is 3. The van der Waals surface area contributed by atoms with Crippen LogP contribution in [0.25, 0.3) is 0 Å². The molecule has 0 atom stereocenters. The Morgan fingerprint density at radius 1 is 1.42 bits per heavy atom. The molecule has 6 heteroatoms. The molecule has 0 spiro atoms. The molecule has 0 fully saturated rings. The Morgan fingerprint density at radius 2 is 2.16 bits per heavy atom. The highest BCUT2D eigenvalue weighted by Crippen LogP contribution is 2.31. The Labute approximate surface area is 130 Å². The first-order chi connectivity index (χ1) is 9.04. The summed E-state index contributed by atoms with van der Waals surface area (Å²) in [5.41, 5.74) is 2.58. The monoisotopic (exact) mass is 362 g/mol. The van der Waals surface area contributed by atoms with Crippen molar-refractivity contribution < 1.29 is 4.74 Å². The molecule has 0 aliphatic carbocycles. The normalized spacial score (nSPS) is 10.8. The molecule has 0 amide bonds. The molecule has 102 valence electrons. The lowest BCUT2D eigenvalue weighted by Crippen LogP contribution is -2.05. The van der Waals surface area contributed by atoms with E-state index in [1.54, 1.807) is 4.68 Å². The number of para-hydroxylation sites is 1. The smallest absolute Gasteiger partial charge is 0.138 e. The van der Waals surface area contributed by atoms with E-state index in [1.165, 1.54) is 0 Å². The zero-order valence-electron chi connectivity index (χ0n) is 10.6. The van der Waals surface area contributed by atoms with Gasteiger partial charge >= 0.3 is 0 Å². The van der Waals surface area contributed by atoms with Gasteiger partial charge in [-0.3, -0.25) is 4.68 Å². The van der Waals surface area contributed by atoms with Crippen molar-refractivity contribution in [3.63, 3.8) is 0 Å². The maximum Gasteiger partial charge on any atom is 0.138 e. The highest BCUT2D eigenvalue weighted by Gasteiger charge is 2.13. The quantitative estimate of drug-likeness (QED) is 0.749. The maximum atomic E-state index is 6.19. The molecule has 0 radical (unpaired) electrons. The van der Waals surface area contributed by atoms with Gasteiger partial charge in [0.2, 0.25) is 0 Å². The number of hydrogen-bond acceptors (Lipinski definition) is 2. The van der Waals surface area contributed by atoms with Crippen LogP contribution in [0.5, 0.6) is 5.75 Å². The second-order valence-electron chi connectivity index (χ2n) is 4.12. The Morgan fingerprint density at radius 3 is 2.74 bits per heavy atom. The van der Waals surface area contributed by atoms with E-state index < -0.39 is 0 Å². The average Bonchev–Trinajstić information content (AvgIpc) is 2.62. The van der Waals surface area contributed by atoms with Crippen LogP contribution in [0.4, 0.5) is 0 Å². The van der Waals surface area contributed by atoms with Gasteiger partial charge in [0, 0.05) is 12.6 Å². The third-order valence-electron chi connectivity index (χ3n) is 2.81. The van der Waals surface area contributed by atoms with Crippen LogP contribution >= 0.6 is 39.1 Å². The lowest BCUT2D eigenvalue weighted by atomic mass is 10.2. The van der Waals surface area contributed by atoms with Crippen molar-refractivity contribution in [1.29, 1.82) is 0 Å². The highest BCUT2D eigenvalue weighted by molar-refractivity contribution is 9.10.